The molecule has 0 radical (unpaired) electrons. The predicted molar refractivity (Wildman–Crippen MR) is 77.5 cm³/mol. The average Bonchev–Trinajstić information content (AvgIpc) is 2.92. The van der Waals surface area contributed by atoms with E-state index >= 15 is 0 Å². The molecule has 2 aliphatic rings. The van der Waals surface area contributed by atoms with Gasteiger partial charge in [-0.05, 0) is 45.1 Å². The first-order valence-corrected chi connectivity index (χ1v) is 7.85. The number of methoxy groups -OCH3 is 1. The van der Waals surface area contributed by atoms with Gasteiger partial charge in [-0.3, -0.25) is 4.90 Å². The molecule has 0 aromatic carbocycles. The molecule has 0 spiro atoms. The van der Waals surface area contributed by atoms with Crippen LogP contribution in [0.3, 0.4) is 0 Å². The van der Waals surface area contributed by atoms with Crippen molar-refractivity contribution in [2.45, 2.75) is 44.8 Å². The third kappa shape index (κ3) is 5.03. The molecule has 2 fully saturated rings. The van der Waals surface area contributed by atoms with Gasteiger partial charge in [-0.25, -0.2) is 0 Å². The van der Waals surface area contributed by atoms with Gasteiger partial charge in [0.25, 0.3) is 0 Å². The third-order valence-electron chi connectivity index (χ3n) is 4.41. The highest BCUT2D eigenvalue weighted by Crippen LogP contribution is 2.18. The molecule has 3 atom stereocenters. The van der Waals surface area contributed by atoms with E-state index in [1.807, 2.05) is 7.11 Å². The third-order valence-corrected chi connectivity index (χ3v) is 4.41. The number of nitrogens with zero attached hydrogens (tertiary/aromatic N) is 1. The monoisotopic (exact) mass is 270 g/mol. The molecule has 0 amide bonds. The van der Waals surface area contributed by atoms with E-state index in [0.717, 1.165) is 32.2 Å². The standard InChI is InChI=1S/C15H30N2O2/c1-13(9-16-10-15-6-4-8-19-15)17-7-3-5-14(11-17)12-18-2/h13-16H,3-12H2,1-2H3. The Morgan fingerprint density at radius 3 is 3.00 bits per heavy atom. The van der Waals surface area contributed by atoms with Gasteiger partial charge in [0.15, 0.2) is 0 Å². The summed E-state index contributed by atoms with van der Waals surface area (Å²) in [7, 11) is 1.81. The quantitative estimate of drug-likeness (QED) is 0.760. The van der Waals surface area contributed by atoms with Crippen molar-refractivity contribution in [1.82, 2.24) is 10.2 Å². The molecule has 2 aliphatic heterocycles. The minimum Gasteiger partial charge on any atom is -0.384 e. The van der Waals surface area contributed by atoms with E-state index in [1.54, 1.807) is 0 Å². The summed E-state index contributed by atoms with van der Waals surface area (Å²) in [5.41, 5.74) is 0. The Morgan fingerprint density at radius 1 is 1.37 bits per heavy atom. The van der Waals surface area contributed by atoms with Crippen LogP contribution in [-0.2, 0) is 9.47 Å². The topological polar surface area (TPSA) is 33.7 Å². The number of hydrogen-bond donors (Lipinski definition) is 1. The molecule has 4 nitrogen and oxygen atoms in total. The van der Waals surface area contributed by atoms with Crippen LogP contribution in [0.5, 0.6) is 0 Å². The smallest absolute Gasteiger partial charge is 0.0700 e. The first kappa shape index (κ1) is 15.2. The summed E-state index contributed by atoms with van der Waals surface area (Å²) in [6, 6.07) is 0.612. The summed E-state index contributed by atoms with van der Waals surface area (Å²) in [6.45, 7) is 8.70. The highest BCUT2D eigenvalue weighted by molar-refractivity contribution is 4.79. The van der Waals surface area contributed by atoms with Crippen LogP contribution in [0.2, 0.25) is 0 Å². The van der Waals surface area contributed by atoms with Gasteiger partial charge >= 0.3 is 0 Å². The van der Waals surface area contributed by atoms with Crippen molar-refractivity contribution in [3.63, 3.8) is 0 Å². The van der Waals surface area contributed by atoms with Crippen molar-refractivity contribution in [3.05, 3.63) is 0 Å². The normalized spacial score (nSPS) is 30.6. The van der Waals surface area contributed by atoms with Gasteiger partial charge < -0.3 is 14.8 Å². The van der Waals surface area contributed by atoms with Crippen LogP contribution in [0.15, 0.2) is 0 Å². The molecule has 2 heterocycles. The summed E-state index contributed by atoms with van der Waals surface area (Å²) in [4.78, 5) is 2.61. The lowest BCUT2D eigenvalue weighted by Crippen LogP contribution is -2.47. The summed E-state index contributed by atoms with van der Waals surface area (Å²) < 4.78 is 10.9. The number of likely N-dealkylation sites (tertiary alicyclic amines) is 1. The van der Waals surface area contributed by atoms with Crippen LogP contribution >= 0.6 is 0 Å². The molecule has 0 aromatic heterocycles. The molecular weight excluding hydrogens is 240 g/mol. The summed E-state index contributed by atoms with van der Waals surface area (Å²) >= 11 is 0. The molecule has 112 valence electrons. The average molecular weight is 270 g/mol. The second-order valence-corrected chi connectivity index (χ2v) is 6.10. The summed E-state index contributed by atoms with van der Waals surface area (Å²) in [5, 5.41) is 3.57. The van der Waals surface area contributed by atoms with Crippen molar-refractivity contribution < 1.29 is 9.47 Å². The lowest BCUT2D eigenvalue weighted by Gasteiger charge is -2.36. The highest BCUT2D eigenvalue weighted by atomic mass is 16.5. The van der Waals surface area contributed by atoms with Gasteiger partial charge in [-0.15, -0.1) is 0 Å². The van der Waals surface area contributed by atoms with E-state index in [9.17, 15) is 0 Å². The van der Waals surface area contributed by atoms with E-state index in [4.69, 9.17) is 9.47 Å². The SMILES string of the molecule is COCC1CCCN(C(C)CNCC2CCCO2)C1. The van der Waals surface area contributed by atoms with Crippen molar-refractivity contribution >= 4 is 0 Å². The lowest BCUT2D eigenvalue weighted by atomic mass is 9.97. The van der Waals surface area contributed by atoms with Crippen LogP contribution in [0, 0.1) is 5.92 Å². The molecule has 1 N–H and O–H groups in total. The highest BCUT2D eigenvalue weighted by Gasteiger charge is 2.23. The number of piperidine rings is 1. The largest absolute Gasteiger partial charge is 0.384 e. The molecule has 2 saturated heterocycles. The zero-order chi connectivity index (χ0) is 13.5. The molecular formula is C15H30N2O2. The van der Waals surface area contributed by atoms with Gasteiger partial charge in [-0.1, -0.05) is 0 Å². The Hall–Kier alpha value is -0.160. The first-order valence-electron chi connectivity index (χ1n) is 7.85. The maximum absolute atomic E-state index is 5.64. The molecule has 4 heteroatoms. The van der Waals surface area contributed by atoms with Gasteiger partial charge in [-0.2, -0.15) is 0 Å². The van der Waals surface area contributed by atoms with Crippen molar-refractivity contribution in [3.8, 4) is 0 Å². The fourth-order valence-corrected chi connectivity index (χ4v) is 3.26. The van der Waals surface area contributed by atoms with Gasteiger partial charge in [0.1, 0.15) is 0 Å². The van der Waals surface area contributed by atoms with Crippen LogP contribution in [0.1, 0.15) is 32.6 Å². The molecule has 0 bridgehead atoms. The first-order chi connectivity index (χ1) is 9.29. The zero-order valence-corrected chi connectivity index (χ0v) is 12.6. The van der Waals surface area contributed by atoms with Crippen molar-refractivity contribution in [2.24, 2.45) is 5.92 Å². The van der Waals surface area contributed by atoms with Crippen LogP contribution in [0.4, 0.5) is 0 Å². The van der Waals surface area contributed by atoms with Gasteiger partial charge in [0.05, 0.1) is 12.7 Å². The predicted octanol–water partition coefficient (Wildman–Crippen LogP) is 1.50. The molecule has 0 aromatic rings. The maximum atomic E-state index is 5.64. The lowest BCUT2D eigenvalue weighted by molar-refractivity contribution is 0.0694. The van der Waals surface area contributed by atoms with E-state index in [0.29, 0.717) is 12.1 Å². The van der Waals surface area contributed by atoms with E-state index in [-0.39, 0.29) is 0 Å². The Kier molecular flexibility index (Phi) is 6.57. The zero-order valence-electron chi connectivity index (χ0n) is 12.6. The van der Waals surface area contributed by atoms with Crippen LogP contribution < -0.4 is 5.32 Å². The fraction of sp³-hybridized carbons (Fsp3) is 1.00. The van der Waals surface area contributed by atoms with Crippen molar-refractivity contribution in [1.29, 1.82) is 0 Å². The Labute approximate surface area is 117 Å². The summed E-state index contributed by atoms with van der Waals surface area (Å²) in [6.07, 6.45) is 5.54. The number of hydrogen-bond acceptors (Lipinski definition) is 4. The number of nitrogens with one attached hydrogen (secondary N) is 1. The molecule has 19 heavy (non-hydrogen) atoms. The van der Waals surface area contributed by atoms with Crippen LogP contribution in [0.25, 0.3) is 0 Å². The molecule has 0 aliphatic carbocycles. The van der Waals surface area contributed by atoms with E-state index < -0.39 is 0 Å². The second-order valence-electron chi connectivity index (χ2n) is 6.10. The van der Waals surface area contributed by atoms with E-state index in [2.05, 4.69) is 17.1 Å². The van der Waals surface area contributed by atoms with Crippen LogP contribution in [-0.4, -0.2) is 63.5 Å². The number of ether oxygens (including phenoxy) is 2. The molecule has 2 rings (SSSR count). The fourth-order valence-electron chi connectivity index (χ4n) is 3.26. The Morgan fingerprint density at radius 2 is 2.26 bits per heavy atom. The van der Waals surface area contributed by atoms with Gasteiger partial charge in [0.2, 0.25) is 0 Å². The second kappa shape index (κ2) is 8.20. The maximum Gasteiger partial charge on any atom is 0.0700 e. The molecule has 0 saturated carbocycles. The minimum absolute atomic E-state index is 0.454. The molecule has 3 unspecified atom stereocenters. The number of rotatable bonds is 7. The summed E-state index contributed by atoms with van der Waals surface area (Å²) in [5.74, 6) is 0.722. The van der Waals surface area contributed by atoms with Crippen molar-refractivity contribution in [2.75, 3.05) is 46.5 Å². The Balaban J connectivity index is 1.62. The minimum atomic E-state index is 0.454. The van der Waals surface area contributed by atoms with E-state index in [1.165, 1.54) is 38.8 Å². The Bertz CT molecular complexity index is 242. The van der Waals surface area contributed by atoms with Gasteiger partial charge in [0, 0.05) is 39.4 Å².